The van der Waals surface area contributed by atoms with E-state index in [9.17, 15) is 4.79 Å². The molecule has 1 amide bonds. The molecule has 1 fully saturated rings. The van der Waals surface area contributed by atoms with Crippen LogP contribution in [0.5, 0.6) is 0 Å². The predicted octanol–water partition coefficient (Wildman–Crippen LogP) is 1.39. The Hall–Kier alpha value is -0.790. The number of rotatable bonds is 1. The van der Waals surface area contributed by atoms with Crippen molar-refractivity contribution in [2.45, 2.75) is 19.8 Å². The van der Waals surface area contributed by atoms with E-state index in [0.717, 1.165) is 12.1 Å². The van der Waals surface area contributed by atoms with Gasteiger partial charge < -0.3 is 4.90 Å². The van der Waals surface area contributed by atoms with Gasteiger partial charge in [0.15, 0.2) is 0 Å². The van der Waals surface area contributed by atoms with Crippen LogP contribution in [0.1, 0.15) is 19.8 Å². The number of likely N-dealkylation sites (tertiary alicyclic amines) is 1. The lowest BCUT2D eigenvalue weighted by atomic mass is 10.0. The average Bonchev–Trinajstić information content (AvgIpc) is 2.17. The van der Waals surface area contributed by atoms with Gasteiger partial charge in [0.2, 0.25) is 5.91 Å². The van der Waals surface area contributed by atoms with Crippen LogP contribution in [-0.2, 0) is 4.79 Å². The zero-order valence-corrected chi connectivity index (χ0v) is 6.55. The Morgan fingerprint density at radius 3 is 2.60 bits per heavy atom. The van der Waals surface area contributed by atoms with Crippen molar-refractivity contribution in [3.63, 3.8) is 0 Å². The second kappa shape index (κ2) is 2.45. The Balaban J connectivity index is 2.71. The van der Waals surface area contributed by atoms with Gasteiger partial charge in [0, 0.05) is 25.1 Å². The third-order valence-corrected chi connectivity index (χ3v) is 2.19. The first-order valence-corrected chi connectivity index (χ1v) is 3.62. The predicted molar refractivity (Wildman–Crippen MR) is 40.3 cm³/mol. The molecule has 1 saturated heterocycles. The fraction of sp³-hybridized carbons (Fsp3) is 0.625. The van der Waals surface area contributed by atoms with Crippen LogP contribution in [0.2, 0.25) is 0 Å². The molecule has 1 atom stereocenters. The maximum atomic E-state index is 11.0. The van der Waals surface area contributed by atoms with E-state index in [4.69, 9.17) is 0 Å². The van der Waals surface area contributed by atoms with Crippen molar-refractivity contribution < 1.29 is 4.79 Å². The van der Waals surface area contributed by atoms with Gasteiger partial charge in [-0.3, -0.25) is 4.79 Å². The standard InChI is InChI=1S/C8H13NO/c1-4-7-5-8(10)9(3)6(7)2/h7H,2,4-5H2,1,3H3. The molecule has 0 aromatic rings. The molecule has 0 saturated carbocycles. The van der Waals surface area contributed by atoms with Crippen molar-refractivity contribution in [2.75, 3.05) is 7.05 Å². The van der Waals surface area contributed by atoms with E-state index < -0.39 is 0 Å². The lowest BCUT2D eigenvalue weighted by molar-refractivity contribution is -0.125. The van der Waals surface area contributed by atoms with E-state index in [1.165, 1.54) is 0 Å². The lowest BCUT2D eigenvalue weighted by Crippen LogP contribution is -2.16. The Kier molecular flexibility index (Phi) is 1.79. The first kappa shape index (κ1) is 7.32. The molecule has 1 aliphatic heterocycles. The zero-order chi connectivity index (χ0) is 7.72. The van der Waals surface area contributed by atoms with Gasteiger partial charge >= 0.3 is 0 Å². The number of hydrogen-bond acceptors (Lipinski definition) is 1. The van der Waals surface area contributed by atoms with E-state index in [2.05, 4.69) is 13.5 Å². The minimum atomic E-state index is 0.205. The molecular weight excluding hydrogens is 126 g/mol. The molecule has 0 N–H and O–H groups in total. The molecule has 1 rings (SSSR count). The van der Waals surface area contributed by atoms with Crippen molar-refractivity contribution in [1.29, 1.82) is 0 Å². The summed E-state index contributed by atoms with van der Waals surface area (Å²) >= 11 is 0. The fourth-order valence-electron chi connectivity index (χ4n) is 1.28. The molecule has 0 radical (unpaired) electrons. The van der Waals surface area contributed by atoms with Crippen molar-refractivity contribution >= 4 is 5.91 Å². The number of hydrogen-bond donors (Lipinski definition) is 0. The summed E-state index contributed by atoms with van der Waals surface area (Å²) in [4.78, 5) is 12.7. The summed E-state index contributed by atoms with van der Waals surface area (Å²) in [6, 6.07) is 0. The minimum Gasteiger partial charge on any atom is -0.320 e. The van der Waals surface area contributed by atoms with Gasteiger partial charge in [-0.1, -0.05) is 13.5 Å². The van der Waals surface area contributed by atoms with Crippen LogP contribution in [0.4, 0.5) is 0 Å². The van der Waals surface area contributed by atoms with E-state index in [0.29, 0.717) is 12.3 Å². The molecular formula is C8H13NO. The summed E-state index contributed by atoms with van der Waals surface area (Å²) in [6.07, 6.45) is 1.68. The molecule has 10 heavy (non-hydrogen) atoms. The normalized spacial score (nSPS) is 26.2. The van der Waals surface area contributed by atoms with Crippen LogP contribution in [0.15, 0.2) is 12.3 Å². The largest absolute Gasteiger partial charge is 0.320 e. The van der Waals surface area contributed by atoms with Crippen LogP contribution < -0.4 is 0 Å². The first-order valence-electron chi connectivity index (χ1n) is 3.62. The topological polar surface area (TPSA) is 20.3 Å². The SMILES string of the molecule is C=C1C(CC)CC(=O)N1C. The third-order valence-electron chi connectivity index (χ3n) is 2.19. The highest BCUT2D eigenvalue weighted by Gasteiger charge is 2.28. The average molecular weight is 139 g/mol. The van der Waals surface area contributed by atoms with Crippen LogP contribution in [0, 0.1) is 5.92 Å². The quantitative estimate of drug-likeness (QED) is 0.537. The Morgan fingerprint density at radius 1 is 1.80 bits per heavy atom. The van der Waals surface area contributed by atoms with Crippen LogP contribution in [-0.4, -0.2) is 17.9 Å². The fourth-order valence-corrected chi connectivity index (χ4v) is 1.28. The highest BCUT2D eigenvalue weighted by atomic mass is 16.2. The maximum Gasteiger partial charge on any atom is 0.227 e. The van der Waals surface area contributed by atoms with E-state index in [-0.39, 0.29) is 5.91 Å². The van der Waals surface area contributed by atoms with Gasteiger partial charge in [0.25, 0.3) is 0 Å². The molecule has 1 aliphatic rings. The van der Waals surface area contributed by atoms with Gasteiger partial charge in [0.05, 0.1) is 0 Å². The van der Waals surface area contributed by atoms with Gasteiger partial charge in [-0.2, -0.15) is 0 Å². The zero-order valence-electron chi connectivity index (χ0n) is 6.55. The van der Waals surface area contributed by atoms with Crippen LogP contribution in [0.25, 0.3) is 0 Å². The van der Waals surface area contributed by atoms with Crippen LogP contribution >= 0.6 is 0 Å². The first-order chi connectivity index (χ1) is 4.66. The molecule has 1 heterocycles. The number of allylic oxidation sites excluding steroid dienone is 1. The van der Waals surface area contributed by atoms with E-state index in [1.54, 1.807) is 11.9 Å². The summed E-state index contributed by atoms with van der Waals surface area (Å²) in [7, 11) is 1.79. The van der Waals surface area contributed by atoms with E-state index >= 15 is 0 Å². The second-order valence-corrected chi connectivity index (χ2v) is 2.75. The Bertz CT molecular complexity index is 174. The van der Waals surface area contributed by atoms with Crippen molar-refractivity contribution in [1.82, 2.24) is 4.90 Å². The number of carbonyl (C=O) groups is 1. The molecule has 2 heteroatoms. The van der Waals surface area contributed by atoms with Gasteiger partial charge in [0.1, 0.15) is 0 Å². The summed E-state index contributed by atoms with van der Waals surface area (Å²) in [5.74, 6) is 0.606. The van der Waals surface area contributed by atoms with Gasteiger partial charge in [-0.05, 0) is 6.42 Å². The van der Waals surface area contributed by atoms with Crippen molar-refractivity contribution in [3.05, 3.63) is 12.3 Å². The molecule has 1 unspecified atom stereocenters. The van der Waals surface area contributed by atoms with Gasteiger partial charge in [-0.15, -0.1) is 0 Å². The molecule has 0 aromatic heterocycles. The minimum absolute atomic E-state index is 0.205. The summed E-state index contributed by atoms with van der Waals surface area (Å²) in [6.45, 7) is 5.93. The Labute approximate surface area is 61.5 Å². The maximum absolute atomic E-state index is 11.0. The highest BCUT2D eigenvalue weighted by Crippen LogP contribution is 2.28. The summed E-state index contributed by atoms with van der Waals surface area (Å²) in [5.41, 5.74) is 0.979. The number of carbonyl (C=O) groups excluding carboxylic acids is 1. The Morgan fingerprint density at radius 2 is 2.40 bits per heavy atom. The smallest absolute Gasteiger partial charge is 0.227 e. The third kappa shape index (κ3) is 0.939. The van der Waals surface area contributed by atoms with Crippen molar-refractivity contribution in [3.8, 4) is 0 Å². The monoisotopic (exact) mass is 139 g/mol. The van der Waals surface area contributed by atoms with Crippen molar-refractivity contribution in [2.24, 2.45) is 5.92 Å². The molecule has 0 bridgehead atoms. The second-order valence-electron chi connectivity index (χ2n) is 2.75. The molecule has 0 aromatic carbocycles. The summed E-state index contributed by atoms with van der Waals surface area (Å²) in [5, 5.41) is 0. The number of amides is 1. The van der Waals surface area contributed by atoms with E-state index in [1.807, 2.05) is 0 Å². The number of nitrogens with zero attached hydrogens (tertiary/aromatic N) is 1. The lowest BCUT2D eigenvalue weighted by Gasteiger charge is -2.11. The molecule has 0 spiro atoms. The summed E-state index contributed by atoms with van der Waals surface area (Å²) < 4.78 is 0. The van der Waals surface area contributed by atoms with Gasteiger partial charge in [-0.25, -0.2) is 0 Å². The molecule has 0 aliphatic carbocycles. The highest BCUT2D eigenvalue weighted by molar-refractivity contribution is 5.81. The molecule has 56 valence electrons. The van der Waals surface area contributed by atoms with Crippen LogP contribution in [0.3, 0.4) is 0 Å². The molecule has 2 nitrogen and oxygen atoms in total.